The summed E-state index contributed by atoms with van der Waals surface area (Å²) in [5.41, 5.74) is 10.6. The second-order valence-corrected chi connectivity index (χ2v) is 19.6. The highest BCUT2D eigenvalue weighted by Crippen LogP contribution is 2.31. The Morgan fingerprint density at radius 1 is 0.708 bits per heavy atom. The number of carbonyl (C=O) groups excluding carboxylic acids is 5. The largest absolute Gasteiger partial charge is 0.464 e. The first-order valence-electron chi connectivity index (χ1n) is 23.9. The molecule has 0 bridgehead atoms. The van der Waals surface area contributed by atoms with Crippen LogP contribution >= 0.6 is 23.2 Å². The Kier molecular flexibility index (Phi) is 25.6. The molecule has 0 unspecified atom stereocenters. The van der Waals surface area contributed by atoms with Crippen molar-refractivity contribution in [1.82, 2.24) is 40.0 Å². The maximum atomic E-state index is 12.4. The number of piperidine rings is 2. The van der Waals surface area contributed by atoms with Crippen molar-refractivity contribution in [2.45, 2.75) is 130 Å². The van der Waals surface area contributed by atoms with Gasteiger partial charge in [-0.1, -0.05) is 37.0 Å². The number of piperazine rings is 2. The van der Waals surface area contributed by atoms with E-state index in [9.17, 15) is 24.0 Å². The number of nitrogens with zero attached hydrogens (tertiary/aromatic N) is 9. The first kappa shape index (κ1) is 62.2. The Bertz CT molecular complexity index is 2180. The second-order valence-electron chi connectivity index (χ2n) is 18.9. The number of Topliss-reactive ketones (excluding diaryl/α,β-unsaturated/α-hetero) is 1. The van der Waals surface area contributed by atoms with Crippen molar-refractivity contribution in [1.29, 1.82) is 0 Å². The first-order valence-corrected chi connectivity index (χ1v) is 24.7. The topological polar surface area (TPSA) is 254 Å². The fourth-order valence-corrected chi connectivity index (χ4v) is 8.39. The van der Waals surface area contributed by atoms with Crippen molar-refractivity contribution >= 4 is 76.4 Å². The number of hydrogen-bond acceptors (Lipinski definition) is 19. The molecule has 6 heterocycles. The van der Waals surface area contributed by atoms with Crippen molar-refractivity contribution in [2.75, 3.05) is 101 Å². The molecule has 0 aliphatic carbocycles. The van der Waals surface area contributed by atoms with E-state index in [1.807, 2.05) is 46.4 Å². The number of likely N-dealkylation sites (tertiary alicyclic amines) is 2. The van der Waals surface area contributed by atoms with E-state index in [4.69, 9.17) is 44.1 Å². The van der Waals surface area contributed by atoms with E-state index in [0.29, 0.717) is 75.3 Å². The number of amides is 2. The number of aromatic nitrogens is 4. The number of ether oxygens (including phenoxy) is 4. The molecule has 400 valence electrons. The average molecular weight is 1050 g/mol. The molecule has 4 fully saturated rings. The van der Waals surface area contributed by atoms with E-state index >= 15 is 0 Å². The Hall–Kier alpha value is -5.87. The van der Waals surface area contributed by atoms with E-state index in [0.717, 1.165) is 58.4 Å². The van der Waals surface area contributed by atoms with Gasteiger partial charge in [-0.25, -0.2) is 39.1 Å². The van der Waals surface area contributed by atoms with Gasteiger partial charge in [0, 0.05) is 96.4 Å². The van der Waals surface area contributed by atoms with Crippen molar-refractivity contribution in [3.63, 3.8) is 0 Å². The number of esters is 2. The van der Waals surface area contributed by atoms with Crippen LogP contribution in [0.3, 0.4) is 0 Å². The molecule has 2 aromatic rings. The van der Waals surface area contributed by atoms with E-state index in [2.05, 4.69) is 83.6 Å². The van der Waals surface area contributed by atoms with Crippen LogP contribution in [0.15, 0.2) is 0 Å². The molecule has 5 N–H and O–H groups in total. The summed E-state index contributed by atoms with van der Waals surface area (Å²) in [4.78, 5) is 84.9. The van der Waals surface area contributed by atoms with Gasteiger partial charge in [-0.15, -0.1) is 25.2 Å². The standard InChI is InChI=1S/C22H35ClN6O4.C12H18ClN5O2.C10H17NO3.C3H4.C2H2/c1-6-14-13-28(19-17(23)25-16(18(24)26-19)20(30)32-5)11-12-29(14)15-7-9-27(10-8-15)21(31)33-22(2,3)4;1-3-7-6-18(5-4-15-7)11-9(13)16-8(10(14)17-11)12(19)20-2;1-10(2,3)14-9(13)11-6-4-8(12)5-7-11;1-3-2;1-2/h14-15H,6-13H2,1-5H3,(H2,24,26);7,15H,3-6H2,1-2H3,(H2,14,17);4-7H2,1-3H3;1H,2H3;1-2H/t14-;7-;;;/m00.../s1. The number of anilines is 4. The van der Waals surface area contributed by atoms with Crippen LogP contribution in [0.1, 0.15) is 122 Å². The SMILES string of the molecule is C#C.C#CC.CC(C)(C)OC(=O)N1CCC(=O)CC1.CC[C@H]1CN(c2nc(N)c(C(=O)OC)nc2Cl)CCN1.CC[C@H]1CN(c2nc(N)c(C(=O)OC)nc2Cl)CCN1C1CCN(C(=O)OC(C)(C)C)CC1. The molecule has 23 heteroatoms. The van der Waals surface area contributed by atoms with Crippen LogP contribution in [0.4, 0.5) is 32.9 Å². The van der Waals surface area contributed by atoms with Gasteiger partial charge >= 0.3 is 24.1 Å². The molecular formula is C49H76Cl2N12O9. The van der Waals surface area contributed by atoms with E-state index in [1.54, 1.807) is 16.7 Å². The fraction of sp³-hybridized carbons (Fsp3) is 0.653. The van der Waals surface area contributed by atoms with E-state index in [1.165, 1.54) is 14.2 Å². The molecule has 2 aromatic heterocycles. The summed E-state index contributed by atoms with van der Waals surface area (Å²) in [6, 6.07) is 1.09. The number of halogens is 2. The van der Waals surface area contributed by atoms with Crippen LogP contribution in [-0.2, 0) is 23.7 Å². The van der Waals surface area contributed by atoms with Crippen LogP contribution in [0, 0.1) is 25.2 Å². The summed E-state index contributed by atoms with van der Waals surface area (Å²) >= 11 is 12.5. The van der Waals surface area contributed by atoms with Crippen LogP contribution in [0.2, 0.25) is 10.3 Å². The van der Waals surface area contributed by atoms with Crippen LogP contribution < -0.4 is 26.6 Å². The number of methoxy groups -OCH3 is 2. The highest BCUT2D eigenvalue weighted by molar-refractivity contribution is 6.32. The Labute approximate surface area is 435 Å². The molecule has 2 atom stereocenters. The number of terminal acetylenes is 2. The number of nitrogens with two attached hydrogens (primary N) is 2. The number of nitrogen functional groups attached to an aromatic ring is 2. The summed E-state index contributed by atoms with van der Waals surface area (Å²) < 4.78 is 20.0. The fourth-order valence-electron chi connectivity index (χ4n) is 7.90. The Morgan fingerprint density at radius 2 is 1.14 bits per heavy atom. The maximum Gasteiger partial charge on any atom is 0.410 e. The van der Waals surface area contributed by atoms with Gasteiger partial charge in [0.2, 0.25) is 0 Å². The van der Waals surface area contributed by atoms with E-state index < -0.39 is 23.1 Å². The minimum Gasteiger partial charge on any atom is -0.464 e. The second kappa shape index (κ2) is 29.6. The highest BCUT2D eigenvalue weighted by atomic mass is 35.5. The maximum absolute atomic E-state index is 12.4. The lowest BCUT2D eigenvalue weighted by Gasteiger charge is -2.47. The van der Waals surface area contributed by atoms with Crippen molar-refractivity contribution in [3.8, 4) is 25.2 Å². The van der Waals surface area contributed by atoms with Gasteiger partial charge in [0.15, 0.2) is 45.0 Å². The van der Waals surface area contributed by atoms with Gasteiger partial charge in [-0.05, 0) is 74.1 Å². The average Bonchev–Trinajstić information content (AvgIpc) is 3.35. The molecule has 0 radical (unpaired) electrons. The van der Waals surface area contributed by atoms with Crippen molar-refractivity contribution < 1.29 is 42.9 Å². The molecule has 4 aliphatic heterocycles. The van der Waals surface area contributed by atoms with Gasteiger partial charge in [-0.3, -0.25) is 9.69 Å². The third-order valence-electron chi connectivity index (χ3n) is 11.4. The molecule has 4 saturated heterocycles. The molecule has 0 aromatic carbocycles. The van der Waals surface area contributed by atoms with Gasteiger partial charge in [0.1, 0.15) is 17.0 Å². The normalized spacial score (nSPS) is 18.4. The van der Waals surface area contributed by atoms with Gasteiger partial charge in [-0.2, -0.15) is 0 Å². The summed E-state index contributed by atoms with van der Waals surface area (Å²) in [6.07, 6.45) is 16.8. The quantitative estimate of drug-likeness (QED) is 0.164. The summed E-state index contributed by atoms with van der Waals surface area (Å²) in [6.45, 7) is 24.1. The minimum atomic E-state index is -0.664. The molecular weight excluding hydrogens is 972 g/mol. The smallest absolute Gasteiger partial charge is 0.410 e. The number of hydrogen-bond donors (Lipinski definition) is 3. The molecule has 21 nitrogen and oxygen atoms in total. The zero-order valence-corrected chi connectivity index (χ0v) is 45.4. The van der Waals surface area contributed by atoms with E-state index in [-0.39, 0.29) is 51.3 Å². The third kappa shape index (κ3) is 19.3. The third-order valence-corrected chi connectivity index (χ3v) is 11.9. The Balaban J connectivity index is 0.000000386. The zero-order chi connectivity index (χ0) is 54.5. The Morgan fingerprint density at radius 3 is 1.54 bits per heavy atom. The lowest BCUT2D eigenvalue weighted by atomic mass is 9.98. The lowest BCUT2D eigenvalue weighted by molar-refractivity contribution is -0.121. The first-order chi connectivity index (χ1) is 33.9. The summed E-state index contributed by atoms with van der Waals surface area (Å²) in [5, 5.41) is 3.70. The molecule has 2 amide bonds. The molecule has 0 saturated carbocycles. The molecule has 4 aliphatic rings. The molecule has 72 heavy (non-hydrogen) atoms. The van der Waals surface area contributed by atoms with Crippen LogP contribution in [-0.4, -0.2) is 174 Å². The summed E-state index contributed by atoms with van der Waals surface area (Å²) in [7, 11) is 2.52. The van der Waals surface area contributed by atoms with Gasteiger partial charge in [0.05, 0.1) is 14.2 Å². The summed E-state index contributed by atoms with van der Waals surface area (Å²) in [5.74, 6) is 2.20. The number of nitrogens with one attached hydrogen (secondary N) is 1. The highest BCUT2D eigenvalue weighted by Gasteiger charge is 2.36. The van der Waals surface area contributed by atoms with Crippen LogP contribution in [0.25, 0.3) is 0 Å². The number of carbonyl (C=O) groups is 5. The molecule has 6 rings (SSSR count). The minimum absolute atomic E-state index is 0.00578. The zero-order valence-electron chi connectivity index (χ0n) is 43.9. The molecule has 0 spiro atoms. The monoisotopic (exact) mass is 1050 g/mol. The lowest BCUT2D eigenvalue weighted by Crippen LogP contribution is -2.59. The van der Waals surface area contributed by atoms with Gasteiger partial charge in [0.25, 0.3) is 0 Å². The number of ketones is 1. The predicted molar refractivity (Wildman–Crippen MR) is 280 cm³/mol. The van der Waals surface area contributed by atoms with Crippen molar-refractivity contribution in [3.05, 3.63) is 21.7 Å². The van der Waals surface area contributed by atoms with Crippen LogP contribution in [0.5, 0.6) is 0 Å². The van der Waals surface area contributed by atoms with Crippen molar-refractivity contribution in [2.24, 2.45) is 0 Å². The predicted octanol–water partition coefficient (Wildman–Crippen LogP) is 5.96. The number of rotatable bonds is 7. The van der Waals surface area contributed by atoms with Gasteiger partial charge < -0.3 is 55.3 Å².